The maximum absolute atomic E-state index is 12.2. The maximum atomic E-state index is 12.2. The Morgan fingerprint density at radius 1 is 0.857 bits per heavy atom. The zero-order valence-electron chi connectivity index (χ0n) is 15.6. The average molecular weight is 385 g/mol. The number of carbonyl (C=O) groups excluding carboxylic acids is 1. The second-order valence-electron chi connectivity index (χ2n) is 6.58. The highest BCUT2D eigenvalue weighted by Crippen LogP contribution is 2.33. The summed E-state index contributed by atoms with van der Waals surface area (Å²) in [5, 5.41) is 3.98. The van der Waals surface area contributed by atoms with Gasteiger partial charge in [0, 0.05) is 21.7 Å². The number of carbonyl (C=O) groups is 1. The van der Waals surface area contributed by atoms with Crippen molar-refractivity contribution in [2.24, 2.45) is 0 Å². The Bertz CT molecular complexity index is 1070. The van der Waals surface area contributed by atoms with Crippen molar-refractivity contribution in [1.82, 2.24) is 4.98 Å². The largest absolute Gasteiger partial charge is 0.326 e. The molecule has 0 spiro atoms. The standard InChI is InChI=1S/C24H20N2OS/c1-17-23(26-24(28-17)20-10-6-3-7-11-20)19-12-14-21(15-13-19)25-22(27)16-18-8-4-2-5-9-18/h2-15H,16H2,1H3,(H,25,27). The van der Waals surface area contributed by atoms with Crippen LogP contribution in [0.15, 0.2) is 84.9 Å². The molecule has 0 bridgehead atoms. The van der Waals surface area contributed by atoms with Gasteiger partial charge in [-0.25, -0.2) is 4.98 Å². The van der Waals surface area contributed by atoms with Crippen LogP contribution in [0.2, 0.25) is 0 Å². The van der Waals surface area contributed by atoms with Gasteiger partial charge < -0.3 is 5.32 Å². The second kappa shape index (κ2) is 8.19. The molecule has 3 aromatic carbocycles. The monoisotopic (exact) mass is 384 g/mol. The van der Waals surface area contributed by atoms with Crippen LogP contribution in [0.1, 0.15) is 10.4 Å². The van der Waals surface area contributed by atoms with Gasteiger partial charge in [0.25, 0.3) is 0 Å². The van der Waals surface area contributed by atoms with Crippen LogP contribution in [0, 0.1) is 6.92 Å². The minimum Gasteiger partial charge on any atom is -0.326 e. The SMILES string of the molecule is Cc1sc(-c2ccccc2)nc1-c1ccc(NC(=O)Cc2ccccc2)cc1. The lowest BCUT2D eigenvalue weighted by atomic mass is 10.1. The van der Waals surface area contributed by atoms with Gasteiger partial charge in [-0.05, 0) is 24.6 Å². The van der Waals surface area contributed by atoms with Gasteiger partial charge >= 0.3 is 0 Å². The van der Waals surface area contributed by atoms with Crippen molar-refractivity contribution in [3.63, 3.8) is 0 Å². The Hall–Kier alpha value is -3.24. The zero-order valence-corrected chi connectivity index (χ0v) is 16.4. The molecule has 1 amide bonds. The number of anilines is 1. The fourth-order valence-corrected chi connectivity index (χ4v) is 4.01. The summed E-state index contributed by atoms with van der Waals surface area (Å²) in [7, 11) is 0. The smallest absolute Gasteiger partial charge is 0.228 e. The molecule has 0 saturated heterocycles. The third-order valence-electron chi connectivity index (χ3n) is 4.47. The van der Waals surface area contributed by atoms with Crippen molar-refractivity contribution in [2.45, 2.75) is 13.3 Å². The molecule has 28 heavy (non-hydrogen) atoms. The molecule has 4 aromatic rings. The Morgan fingerprint density at radius 3 is 2.18 bits per heavy atom. The Balaban J connectivity index is 1.48. The number of nitrogens with one attached hydrogen (secondary N) is 1. The average Bonchev–Trinajstić information content (AvgIpc) is 3.12. The Morgan fingerprint density at radius 2 is 1.50 bits per heavy atom. The maximum Gasteiger partial charge on any atom is 0.228 e. The molecule has 0 atom stereocenters. The van der Waals surface area contributed by atoms with Crippen LogP contribution >= 0.6 is 11.3 Å². The lowest BCUT2D eigenvalue weighted by Gasteiger charge is -2.06. The van der Waals surface area contributed by atoms with E-state index in [1.165, 1.54) is 4.88 Å². The second-order valence-corrected chi connectivity index (χ2v) is 7.78. The lowest BCUT2D eigenvalue weighted by molar-refractivity contribution is -0.115. The number of benzene rings is 3. The molecule has 4 heteroatoms. The van der Waals surface area contributed by atoms with E-state index in [1.807, 2.05) is 72.8 Å². The van der Waals surface area contributed by atoms with Gasteiger partial charge in [0.2, 0.25) is 5.91 Å². The molecule has 0 aliphatic rings. The molecule has 4 rings (SSSR count). The molecule has 0 unspecified atom stereocenters. The lowest BCUT2D eigenvalue weighted by Crippen LogP contribution is -2.14. The summed E-state index contributed by atoms with van der Waals surface area (Å²) < 4.78 is 0. The van der Waals surface area contributed by atoms with Crippen LogP contribution in [0.3, 0.4) is 0 Å². The zero-order chi connectivity index (χ0) is 19.3. The van der Waals surface area contributed by atoms with E-state index in [1.54, 1.807) is 11.3 Å². The highest BCUT2D eigenvalue weighted by Gasteiger charge is 2.11. The third kappa shape index (κ3) is 4.18. The molecule has 0 aliphatic heterocycles. The van der Waals surface area contributed by atoms with Gasteiger partial charge in [0.05, 0.1) is 12.1 Å². The van der Waals surface area contributed by atoms with E-state index in [0.717, 1.165) is 33.1 Å². The van der Waals surface area contributed by atoms with E-state index >= 15 is 0 Å². The van der Waals surface area contributed by atoms with E-state index in [-0.39, 0.29) is 5.91 Å². The van der Waals surface area contributed by atoms with E-state index in [4.69, 9.17) is 4.98 Å². The summed E-state index contributed by atoms with van der Waals surface area (Å²) in [5.41, 5.74) is 4.97. The molecular weight excluding hydrogens is 364 g/mol. The quantitative estimate of drug-likeness (QED) is 0.461. The first-order valence-electron chi connectivity index (χ1n) is 9.16. The molecule has 1 aromatic heterocycles. The van der Waals surface area contributed by atoms with Gasteiger partial charge in [-0.1, -0.05) is 72.8 Å². The van der Waals surface area contributed by atoms with Gasteiger partial charge in [0.1, 0.15) is 5.01 Å². The third-order valence-corrected chi connectivity index (χ3v) is 5.49. The predicted molar refractivity (Wildman–Crippen MR) is 116 cm³/mol. The molecule has 3 nitrogen and oxygen atoms in total. The molecule has 1 N–H and O–H groups in total. The minimum atomic E-state index is -0.0184. The predicted octanol–water partition coefficient (Wildman–Crippen LogP) is 5.97. The summed E-state index contributed by atoms with van der Waals surface area (Å²) in [4.78, 5) is 18.2. The molecule has 0 fully saturated rings. The van der Waals surface area contributed by atoms with Crippen molar-refractivity contribution < 1.29 is 4.79 Å². The molecule has 1 heterocycles. The molecular formula is C24H20N2OS. The van der Waals surface area contributed by atoms with E-state index in [2.05, 4.69) is 24.4 Å². The van der Waals surface area contributed by atoms with Gasteiger partial charge in [-0.3, -0.25) is 4.79 Å². The number of aryl methyl sites for hydroxylation is 1. The van der Waals surface area contributed by atoms with Crippen molar-refractivity contribution in [3.05, 3.63) is 95.4 Å². The number of amides is 1. The highest BCUT2D eigenvalue weighted by atomic mass is 32.1. The summed E-state index contributed by atoms with van der Waals surface area (Å²) in [5.74, 6) is -0.0184. The minimum absolute atomic E-state index is 0.0184. The van der Waals surface area contributed by atoms with Crippen LogP contribution in [-0.4, -0.2) is 10.9 Å². The number of thiazole rings is 1. The molecule has 138 valence electrons. The number of hydrogen-bond acceptors (Lipinski definition) is 3. The van der Waals surface area contributed by atoms with E-state index in [9.17, 15) is 4.79 Å². The summed E-state index contributed by atoms with van der Waals surface area (Å²) >= 11 is 1.70. The number of hydrogen-bond donors (Lipinski definition) is 1. The number of aromatic nitrogens is 1. The van der Waals surface area contributed by atoms with Crippen molar-refractivity contribution in [3.8, 4) is 21.8 Å². The van der Waals surface area contributed by atoms with E-state index < -0.39 is 0 Å². The Labute approximate surface area is 168 Å². The van der Waals surface area contributed by atoms with Crippen molar-refractivity contribution in [2.75, 3.05) is 5.32 Å². The van der Waals surface area contributed by atoms with E-state index in [0.29, 0.717) is 6.42 Å². The first-order chi connectivity index (χ1) is 13.7. The summed E-state index contributed by atoms with van der Waals surface area (Å²) in [6.45, 7) is 2.09. The number of rotatable bonds is 5. The topological polar surface area (TPSA) is 42.0 Å². The summed E-state index contributed by atoms with van der Waals surface area (Å²) in [6, 6.07) is 27.8. The van der Waals surface area contributed by atoms with Crippen molar-refractivity contribution >= 4 is 22.9 Å². The highest BCUT2D eigenvalue weighted by molar-refractivity contribution is 7.15. The van der Waals surface area contributed by atoms with Crippen LogP contribution in [0.5, 0.6) is 0 Å². The number of nitrogens with zero attached hydrogens (tertiary/aromatic N) is 1. The van der Waals surface area contributed by atoms with Crippen LogP contribution in [-0.2, 0) is 11.2 Å². The molecule has 0 radical (unpaired) electrons. The Kier molecular flexibility index (Phi) is 5.31. The van der Waals surface area contributed by atoms with Gasteiger partial charge in [-0.15, -0.1) is 11.3 Å². The van der Waals surface area contributed by atoms with Crippen molar-refractivity contribution in [1.29, 1.82) is 0 Å². The fourth-order valence-electron chi connectivity index (χ4n) is 3.07. The normalized spacial score (nSPS) is 10.6. The van der Waals surface area contributed by atoms with Crippen LogP contribution < -0.4 is 5.32 Å². The fraction of sp³-hybridized carbons (Fsp3) is 0.0833. The van der Waals surface area contributed by atoms with Crippen LogP contribution in [0.25, 0.3) is 21.8 Å². The van der Waals surface area contributed by atoms with Gasteiger partial charge in [0.15, 0.2) is 0 Å². The first kappa shape index (κ1) is 18.1. The first-order valence-corrected chi connectivity index (χ1v) is 9.98. The summed E-state index contributed by atoms with van der Waals surface area (Å²) in [6.07, 6.45) is 0.369. The van der Waals surface area contributed by atoms with Gasteiger partial charge in [-0.2, -0.15) is 0 Å². The molecule has 0 aliphatic carbocycles. The molecule has 0 saturated carbocycles. The van der Waals surface area contributed by atoms with Crippen LogP contribution in [0.4, 0.5) is 5.69 Å².